The number of halogens is 1. The van der Waals surface area contributed by atoms with Crippen molar-refractivity contribution in [1.82, 2.24) is 0 Å². The van der Waals surface area contributed by atoms with Crippen LogP contribution in [0.5, 0.6) is 0 Å². The first-order chi connectivity index (χ1) is 11.7. The van der Waals surface area contributed by atoms with E-state index in [1.807, 2.05) is 6.92 Å². The van der Waals surface area contributed by atoms with Gasteiger partial charge >= 0.3 is 0 Å². The van der Waals surface area contributed by atoms with Gasteiger partial charge in [-0.1, -0.05) is 22.9 Å². The van der Waals surface area contributed by atoms with Gasteiger partial charge in [0.2, 0.25) is 0 Å². The number of Topliss-reactive ketones (excluding diaryl/α,β-unsaturated/α-hetero) is 1. The van der Waals surface area contributed by atoms with Crippen molar-refractivity contribution < 1.29 is 9.90 Å². The van der Waals surface area contributed by atoms with Crippen molar-refractivity contribution in [1.29, 1.82) is 0 Å². The Balaban J connectivity index is 1.61. The fourth-order valence-electron chi connectivity index (χ4n) is 7.87. The van der Waals surface area contributed by atoms with Crippen LogP contribution in [0.3, 0.4) is 0 Å². The lowest BCUT2D eigenvalue weighted by atomic mass is 9.46. The molecule has 8 atom stereocenters. The highest BCUT2D eigenvalue weighted by atomic mass is 79.9. The fraction of sp³-hybridized carbons (Fsp3) is 0.952. The van der Waals surface area contributed by atoms with Gasteiger partial charge in [0.1, 0.15) is 5.78 Å². The molecule has 0 bridgehead atoms. The third-order valence-corrected chi connectivity index (χ3v) is 9.53. The van der Waals surface area contributed by atoms with Gasteiger partial charge in [0.25, 0.3) is 0 Å². The van der Waals surface area contributed by atoms with E-state index in [1.54, 1.807) is 0 Å². The molecule has 4 saturated carbocycles. The maximum atomic E-state index is 12.5. The van der Waals surface area contributed by atoms with E-state index in [-0.39, 0.29) is 16.9 Å². The van der Waals surface area contributed by atoms with Crippen molar-refractivity contribution in [2.75, 3.05) is 5.33 Å². The number of fused-ring (bicyclic) bond motifs is 5. The first-order valence-electron chi connectivity index (χ1n) is 10.3. The van der Waals surface area contributed by atoms with E-state index in [0.717, 1.165) is 51.4 Å². The van der Waals surface area contributed by atoms with Gasteiger partial charge in [-0.05, 0) is 93.8 Å². The smallest absolute Gasteiger partial charge is 0.147 e. The molecule has 0 heterocycles. The Morgan fingerprint density at radius 1 is 1.12 bits per heavy atom. The second kappa shape index (κ2) is 6.04. The van der Waals surface area contributed by atoms with Crippen LogP contribution in [-0.2, 0) is 4.79 Å². The quantitative estimate of drug-likeness (QED) is 0.673. The van der Waals surface area contributed by atoms with Crippen LogP contribution in [0.25, 0.3) is 0 Å². The number of carbonyl (C=O) groups excluding carboxylic acids is 1. The van der Waals surface area contributed by atoms with Crippen LogP contribution in [0.1, 0.15) is 71.6 Å². The largest absolute Gasteiger partial charge is 0.390 e. The van der Waals surface area contributed by atoms with Gasteiger partial charge < -0.3 is 10.8 Å². The molecule has 3 N–H and O–H groups in total. The lowest BCUT2D eigenvalue weighted by Crippen LogP contribution is -2.66. The molecular weight excluding hydrogens is 378 g/mol. The van der Waals surface area contributed by atoms with Crippen LogP contribution in [0.2, 0.25) is 0 Å². The van der Waals surface area contributed by atoms with Crippen LogP contribution in [0, 0.1) is 35.0 Å². The molecule has 0 aromatic carbocycles. The molecule has 0 radical (unpaired) electrons. The normalized spacial score (nSPS) is 55.2. The molecule has 4 rings (SSSR count). The third kappa shape index (κ3) is 2.69. The summed E-state index contributed by atoms with van der Waals surface area (Å²) in [6.07, 6.45) is 9.76. The first kappa shape index (κ1) is 18.4. The highest BCUT2D eigenvalue weighted by molar-refractivity contribution is 9.09. The minimum Gasteiger partial charge on any atom is -0.390 e. The summed E-state index contributed by atoms with van der Waals surface area (Å²) in [6, 6.07) is 0. The number of ketones is 1. The number of rotatable bonds is 2. The van der Waals surface area contributed by atoms with Gasteiger partial charge in [0.15, 0.2) is 0 Å². The standard InChI is InChI=1S/C21H34BrNO2/c1-19(25)8-6-14-13(11-19)5-10-21(23)15(14)7-9-20(2)16(17(24)12-22)3-4-18(20)21/h13-16,18,25H,3-12,23H2,1-2H3/t13?,14?,15-,16-,18-,19-,20?,21?/m1/s1. The molecule has 0 aromatic heterocycles. The van der Waals surface area contributed by atoms with Crippen molar-refractivity contribution >= 4 is 21.7 Å². The molecule has 4 heteroatoms. The Morgan fingerprint density at radius 3 is 2.60 bits per heavy atom. The van der Waals surface area contributed by atoms with Crippen LogP contribution in [0.15, 0.2) is 0 Å². The highest BCUT2D eigenvalue weighted by Gasteiger charge is 2.63. The number of hydrogen-bond donors (Lipinski definition) is 2. The number of alkyl halides is 1. The van der Waals surface area contributed by atoms with Crippen molar-refractivity contribution in [3.8, 4) is 0 Å². The summed E-state index contributed by atoms with van der Waals surface area (Å²) in [5.74, 6) is 3.01. The van der Waals surface area contributed by atoms with Gasteiger partial charge in [-0.3, -0.25) is 4.79 Å². The molecule has 0 amide bonds. The van der Waals surface area contributed by atoms with Crippen LogP contribution >= 0.6 is 15.9 Å². The molecule has 0 saturated heterocycles. The molecule has 142 valence electrons. The molecule has 3 nitrogen and oxygen atoms in total. The van der Waals surface area contributed by atoms with E-state index in [4.69, 9.17) is 5.73 Å². The summed E-state index contributed by atoms with van der Waals surface area (Å²) in [7, 11) is 0. The predicted octanol–water partition coefficient (Wildman–Crippen LogP) is 4.05. The molecule has 4 aliphatic carbocycles. The molecule has 4 unspecified atom stereocenters. The Morgan fingerprint density at radius 2 is 1.88 bits per heavy atom. The average molecular weight is 412 g/mol. The molecule has 0 spiro atoms. The minimum absolute atomic E-state index is 0.0846. The second-order valence-corrected chi connectivity index (χ2v) is 10.8. The Bertz CT molecular complexity index is 564. The van der Waals surface area contributed by atoms with Gasteiger partial charge in [0.05, 0.1) is 10.9 Å². The van der Waals surface area contributed by atoms with E-state index in [9.17, 15) is 9.90 Å². The van der Waals surface area contributed by atoms with Crippen LogP contribution < -0.4 is 5.73 Å². The lowest BCUT2D eigenvalue weighted by Gasteiger charge is -2.62. The third-order valence-electron chi connectivity index (χ3n) is 8.98. The summed E-state index contributed by atoms with van der Waals surface area (Å²) in [4.78, 5) is 12.5. The maximum absolute atomic E-state index is 12.5. The monoisotopic (exact) mass is 411 g/mol. The van der Waals surface area contributed by atoms with Crippen molar-refractivity contribution in [3.63, 3.8) is 0 Å². The number of carbonyl (C=O) groups is 1. The van der Waals surface area contributed by atoms with Gasteiger partial charge in [0, 0.05) is 11.5 Å². The maximum Gasteiger partial charge on any atom is 0.147 e. The second-order valence-electron chi connectivity index (χ2n) is 10.2. The SMILES string of the molecule is CC12CC[C@@H]3C4CC[C@@](C)(O)CC4CCC3(N)[C@@H]1CC[C@@H]2C(=O)CBr. The highest BCUT2D eigenvalue weighted by Crippen LogP contribution is 2.65. The van der Waals surface area contributed by atoms with Crippen LogP contribution in [0.4, 0.5) is 0 Å². The summed E-state index contributed by atoms with van der Waals surface area (Å²) >= 11 is 3.40. The summed E-state index contributed by atoms with van der Waals surface area (Å²) in [5.41, 5.74) is 6.77. The minimum atomic E-state index is -0.473. The summed E-state index contributed by atoms with van der Waals surface area (Å²) in [6.45, 7) is 4.37. The van der Waals surface area contributed by atoms with Crippen molar-refractivity contribution in [3.05, 3.63) is 0 Å². The molecule has 4 fully saturated rings. The lowest BCUT2D eigenvalue weighted by molar-refractivity contribution is -0.132. The zero-order valence-electron chi connectivity index (χ0n) is 15.8. The Kier molecular flexibility index (Phi) is 4.45. The van der Waals surface area contributed by atoms with Crippen molar-refractivity contribution in [2.24, 2.45) is 40.7 Å². The molecule has 25 heavy (non-hydrogen) atoms. The predicted molar refractivity (Wildman–Crippen MR) is 103 cm³/mol. The van der Waals surface area contributed by atoms with E-state index >= 15 is 0 Å². The van der Waals surface area contributed by atoms with Gasteiger partial charge in [-0.2, -0.15) is 0 Å². The van der Waals surface area contributed by atoms with E-state index in [0.29, 0.717) is 34.8 Å². The summed E-state index contributed by atoms with van der Waals surface area (Å²) < 4.78 is 0. The van der Waals surface area contributed by atoms with E-state index in [1.165, 1.54) is 6.42 Å². The molecular formula is C21H34BrNO2. The number of aliphatic hydroxyl groups is 1. The van der Waals surface area contributed by atoms with Crippen molar-refractivity contribution in [2.45, 2.75) is 82.8 Å². The van der Waals surface area contributed by atoms with Crippen LogP contribution in [-0.4, -0.2) is 27.4 Å². The molecule has 0 aromatic rings. The van der Waals surface area contributed by atoms with Gasteiger partial charge in [-0.15, -0.1) is 0 Å². The first-order valence-corrected chi connectivity index (χ1v) is 11.4. The zero-order valence-corrected chi connectivity index (χ0v) is 17.4. The zero-order chi connectivity index (χ0) is 18.0. The van der Waals surface area contributed by atoms with E-state index in [2.05, 4.69) is 22.9 Å². The summed E-state index contributed by atoms with van der Waals surface area (Å²) in [5, 5.41) is 11.0. The topological polar surface area (TPSA) is 63.3 Å². The van der Waals surface area contributed by atoms with Gasteiger partial charge in [-0.25, -0.2) is 0 Å². The molecule has 4 aliphatic rings. The fourth-order valence-corrected chi connectivity index (χ4v) is 8.26. The van der Waals surface area contributed by atoms with E-state index < -0.39 is 5.60 Å². The molecule has 0 aliphatic heterocycles. The Labute approximate surface area is 160 Å². The average Bonchev–Trinajstić information content (AvgIpc) is 2.91. The number of nitrogens with two attached hydrogens (primary N) is 1. The number of hydrogen-bond acceptors (Lipinski definition) is 3. The Hall–Kier alpha value is 0.0700.